The Bertz CT molecular complexity index is 1070. The third-order valence-electron chi connectivity index (χ3n) is 4.41. The third kappa shape index (κ3) is 2.95. The number of carbonyl (C=O) groups is 1. The highest BCUT2D eigenvalue weighted by Crippen LogP contribution is 2.27. The van der Waals surface area contributed by atoms with E-state index < -0.39 is 0 Å². The molecule has 0 fully saturated rings. The molecule has 0 aliphatic carbocycles. The van der Waals surface area contributed by atoms with E-state index in [0.29, 0.717) is 5.56 Å². The highest BCUT2D eigenvalue weighted by molar-refractivity contribution is 6.10. The molecular weight excluding hydrogens is 322 g/mol. The second-order valence-electron chi connectivity index (χ2n) is 5.99. The minimum atomic E-state index is -0.0439. The van der Waals surface area contributed by atoms with Gasteiger partial charge in [-0.3, -0.25) is 4.79 Å². The average molecular weight is 339 g/mol. The van der Waals surface area contributed by atoms with Gasteiger partial charge in [-0.05, 0) is 54.1 Å². The number of hydrogen-bond donors (Lipinski definition) is 0. The fourth-order valence-electron chi connectivity index (χ4n) is 3.06. The van der Waals surface area contributed by atoms with Gasteiger partial charge in [0.25, 0.3) is 0 Å². The van der Waals surface area contributed by atoms with Crippen LogP contribution >= 0.6 is 0 Å². The minimum Gasteiger partial charge on any atom is -0.497 e. The van der Waals surface area contributed by atoms with Gasteiger partial charge in [0.2, 0.25) is 0 Å². The number of benzene rings is 3. The second-order valence-corrected chi connectivity index (χ2v) is 5.99. The van der Waals surface area contributed by atoms with E-state index >= 15 is 0 Å². The van der Waals surface area contributed by atoms with Gasteiger partial charge in [-0.25, -0.2) is 4.98 Å². The molecule has 0 saturated heterocycles. The van der Waals surface area contributed by atoms with Crippen LogP contribution in [0.1, 0.15) is 15.9 Å². The van der Waals surface area contributed by atoms with Crippen LogP contribution in [0.15, 0.2) is 78.9 Å². The Morgan fingerprint density at radius 2 is 1.42 bits per heavy atom. The molecule has 0 spiro atoms. The van der Waals surface area contributed by atoms with E-state index in [1.807, 2.05) is 54.6 Å². The fourth-order valence-corrected chi connectivity index (χ4v) is 3.06. The lowest BCUT2D eigenvalue weighted by atomic mass is 10.0. The molecule has 0 atom stereocenters. The van der Waals surface area contributed by atoms with Crippen LogP contribution in [0.25, 0.3) is 27.9 Å². The zero-order valence-electron chi connectivity index (χ0n) is 14.3. The van der Waals surface area contributed by atoms with Gasteiger partial charge in [-0.1, -0.05) is 36.4 Å². The molecule has 26 heavy (non-hydrogen) atoms. The lowest BCUT2D eigenvalue weighted by Crippen LogP contribution is -1.94. The van der Waals surface area contributed by atoms with Crippen LogP contribution in [0.4, 0.5) is 0 Å². The summed E-state index contributed by atoms with van der Waals surface area (Å²) >= 11 is 0. The maximum atomic E-state index is 12.5. The maximum absolute atomic E-state index is 12.5. The van der Waals surface area contributed by atoms with Gasteiger partial charge in [0.05, 0.1) is 18.1 Å². The first-order chi connectivity index (χ1) is 12.8. The average Bonchev–Trinajstić information content (AvgIpc) is 2.71. The van der Waals surface area contributed by atoms with E-state index in [9.17, 15) is 4.79 Å². The number of nitrogens with zero attached hydrogens (tertiary/aromatic N) is 1. The molecule has 1 heterocycles. The SMILES string of the molecule is COc1ccc(C(=O)/C=C/c2c3ccccc3nc3ccccc23)cc1. The van der Waals surface area contributed by atoms with Gasteiger partial charge in [-0.2, -0.15) is 0 Å². The van der Waals surface area contributed by atoms with Crippen LogP contribution in [-0.2, 0) is 0 Å². The van der Waals surface area contributed by atoms with E-state index in [2.05, 4.69) is 0 Å². The maximum Gasteiger partial charge on any atom is 0.185 e. The lowest BCUT2D eigenvalue weighted by molar-refractivity contribution is 0.104. The molecule has 0 amide bonds. The number of fused-ring (bicyclic) bond motifs is 2. The zero-order valence-corrected chi connectivity index (χ0v) is 14.3. The summed E-state index contributed by atoms with van der Waals surface area (Å²) in [6.07, 6.45) is 3.51. The van der Waals surface area contributed by atoms with Crippen LogP contribution < -0.4 is 4.74 Å². The Morgan fingerprint density at radius 1 is 0.846 bits per heavy atom. The fraction of sp³-hybridized carbons (Fsp3) is 0.0435. The van der Waals surface area contributed by atoms with Crippen molar-refractivity contribution in [3.05, 3.63) is 90.0 Å². The monoisotopic (exact) mass is 339 g/mol. The van der Waals surface area contributed by atoms with Crippen LogP contribution in [0.3, 0.4) is 0 Å². The number of methoxy groups -OCH3 is 1. The summed E-state index contributed by atoms with van der Waals surface area (Å²) in [7, 11) is 1.61. The third-order valence-corrected chi connectivity index (χ3v) is 4.41. The number of ether oxygens (including phenoxy) is 1. The smallest absolute Gasteiger partial charge is 0.185 e. The topological polar surface area (TPSA) is 39.2 Å². The molecule has 0 radical (unpaired) electrons. The number of aromatic nitrogens is 1. The quantitative estimate of drug-likeness (QED) is 0.288. The van der Waals surface area contributed by atoms with Gasteiger partial charge in [0.1, 0.15) is 5.75 Å². The Labute approximate surface area is 151 Å². The van der Waals surface area contributed by atoms with Crippen LogP contribution in [0, 0.1) is 0 Å². The minimum absolute atomic E-state index is 0.0439. The molecule has 1 aromatic heterocycles. The summed E-state index contributed by atoms with van der Waals surface area (Å²) in [4.78, 5) is 17.3. The van der Waals surface area contributed by atoms with E-state index in [1.165, 1.54) is 0 Å². The summed E-state index contributed by atoms with van der Waals surface area (Å²) in [6.45, 7) is 0. The van der Waals surface area contributed by atoms with Gasteiger partial charge in [0, 0.05) is 16.3 Å². The first-order valence-electron chi connectivity index (χ1n) is 8.40. The van der Waals surface area contributed by atoms with Gasteiger partial charge < -0.3 is 4.74 Å². The summed E-state index contributed by atoms with van der Waals surface area (Å²) in [5, 5.41) is 2.06. The predicted molar refractivity (Wildman–Crippen MR) is 106 cm³/mol. The molecular formula is C23H17NO2. The molecule has 3 nitrogen and oxygen atoms in total. The molecule has 0 unspecified atom stereocenters. The molecule has 0 N–H and O–H groups in total. The van der Waals surface area contributed by atoms with E-state index in [-0.39, 0.29) is 5.78 Å². The molecule has 0 bridgehead atoms. The summed E-state index contributed by atoms with van der Waals surface area (Å²) < 4.78 is 5.14. The molecule has 3 heteroatoms. The largest absolute Gasteiger partial charge is 0.497 e. The normalized spacial score (nSPS) is 11.3. The van der Waals surface area contributed by atoms with Crippen molar-refractivity contribution in [2.45, 2.75) is 0 Å². The van der Waals surface area contributed by atoms with Crippen LogP contribution in [0.5, 0.6) is 5.75 Å². The van der Waals surface area contributed by atoms with Crippen molar-refractivity contribution < 1.29 is 9.53 Å². The second kappa shape index (κ2) is 6.81. The first kappa shape index (κ1) is 16.0. The van der Waals surface area contributed by atoms with E-state index in [0.717, 1.165) is 33.1 Å². The van der Waals surface area contributed by atoms with E-state index in [4.69, 9.17) is 9.72 Å². The van der Waals surface area contributed by atoms with Crippen LogP contribution in [-0.4, -0.2) is 17.9 Å². The van der Waals surface area contributed by atoms with Crippen molar-refractivity contribution in [3.8, 4) is 5.75 Å². The number of para-hydroxylation sites is 2. The number of ketones is 1. The van der Waals surface area contributed by atoms with Crippen molar-refractivity contribution in [2.24, 2.45) is 0 Å². The Kier molecular flexibility index (Phi) is 4.20. The summed E-state index contributed by atoms with van der Waals surface area (Å²) in [6, 6.07) is 23.1. The Hall–Kier alpha value is -3.46. The van der Waals surface area contributed by atoms with Crippen molar-refractivity contribution in [2.75, 3.05) is 7.11 Å². The van der Waals surface area contributed by atoms with Crippen molar-refractivity contribution >= 4 is 33.7 Å². The standard InChI is InChI=1S/C23H17NO2/c1-26-17-12-10-16(11-13-17)23(25)15-14-18-19-6-2-4-8-21(19)24-22-9-5-3-7-20(18)22/h2-15H,1H3/b15-14+. The van der Waals surface area contributed by atoms with Crippen molar-refractivity contribution in [1.82, 2.24) is 4.98 Å². The van der Waals surface area contributed by atoms with Gasteiger partial charge in [0.15, 0.2) is 5.78 Å². The lowest BCUT2D eigenvalue weighted by Gasteiger charge is -2.07. The number of rotatable bonds is 4. The Balaban J connectivity index is 1.79. The van der Waals surface area contributed by atoms with Crippen molar-refractivity contribution in [1.29, 1.82) is 0 Å². The molecule has 0 aliphatic rings. The number of allylic oxidation sites excluding steroid dienone is 1. The highest BCUT2D eigenvalue weighted by atomic mass is 16.5. The number of pyridine rings is 1. The molecule has 4 rings (SSSR count). The number of carbonyl (C=O) groups excluding carboxylic acids is 1. The highest BCUT2D eigenvalue weighted by Gasteiger charge is 2.07. The van der Waals surface area contributed by atoms with E-state index in [1.54, 1.807) is 37.5 Å². The Morgan fingerprint density at radius 3 is 2.00 bits per heavy atom. The van der Waals surface area contributed by atoms with Crippen LogP contribution in [0.2, 0.25) is 0 Å². The van der Waals surface area contributed by atoms with Gasteiger partial charge >= 0.3 is 0 Å². The summed E-state index contributed by atoms with van der Waals surface area (Å²) in [5.74, 6) is 0.689. The first-order valence-corrected chi connectivity index (χ1v) is 8.40. The molecule has 3 aromatic carbocycles. The molecule has 0 aliphatic heterocycles. The summed E-state index contributed by atoms with van der Waals surface area (Å²) in [5.41, 5.74) is 3.48. The zero-order chi connectivity index (χ0) is 17.9. The molecule has 126 valence electrons. The predicted octanol–water partition coefficient (Wildman–Crippen LogP) is 5.29. The molecule has 4 aromatic rings. The molecule has 0 saturated carbocycles. The number of hydrogen-bond acceptors (Lipinski definition) is 3. The van der Waals surface area contributed by atoms with Gasteiger partial charge in [-0.15, -0.1) is 0 Å². The van der Waals surface area contributed by atoms with Crippen molar-refractivity contribution in [3.63, 3.8) is 0 Å².